The number of aliphatic hydroxyl groups is 1. The standard InChI is InChI=1S/C18H21NO3/c1-19-8-7-18-11-4-5-13(20)17(18)22-16-14(21-2)6-3-10(15(16)18)9-12(11)19/h3-6,11-13,17,20H,7-9H2,1-2H3/t11-,12+,13?,17?,18-/m0/s1/i9D2,11D,12D,13D,20D. The van der Waals surface area contributed by atoms with Gasteiger partial charge in [-0.05, 0) is 38.0 Å². The smallest absolute Gasteiger partial charge is 0.211 e. The van der Waals surface area contributed by atoms with Gasteiger partial charge < -0.3 is 19.5 Å². The monoisotopic (exact) mass is 305 g/mol. The van der Waals surface area contributed by atoms with E-state index < -0.39 is 35.9 Å². The van der Waals surface area contributed by atoms with E-state index >= 15 is 0 Å². The van der Waals surface area contributed by atoms with Gasteiger partial charge in [0.05, 0.1) is 8.48 Å². The van der Waals surface area contributed by atoms with Crippen molar-refractivity contribution in [2.24, 2.45) is 5.89 Å². The summed E-state index contributed by atoms with van der Waals surface area (Å²) < 4.78 is 64.4. The van der Waals surface area contributed by atoms with Crippen LogP contribution in [0.5, 0.6) is 11.5 Å². The summed E-state index contributed by atoms with van der Waals surface area (Å²) in [6.45, 7) is 0.349. The van der Waals surface area contributed by atoms with Gasteiger partial charge in [-0.2, -0.15) is 0 Å². The van der Waals surface area contributed by atoms with Gasteiger partial charge in [-0.25, -0.2) is 0 Å². The van der Waals surface area contributed by atoms with E-state index in [1.54, 1.807) is 24.1 Å². The Hall–Kier alpha value is -1.52. The zero-order chi connectivity index (χ0) is 20.3. The van der Waals surface area contributed by atoms with Crippen LogP contribution in [0.15, 0.2) is 24.3 Å². The number of likely N-dealkylation sites (N-methyl/N-ethyl adjacent to an activating group) is 1. The molecule has 1 aromatic rings. The van der Waals surface area contributed by atoms with Crippen molar-refractivity contribution in [1.82, 2.24) is 4.90 Å². The summed E-state index contributed by atoms with van der Waals surface area (Å²) in [5.41, 5.74) is -0.451. The Balaban J connectivity index is 1.97. The fraction of sp³-hybridized carbons (Fsp3) is 0.556. The first-order chi connectivity index (χ1) is 13.0. The SMILES string of the molecule is [2H]OC1([2H])C=C[C@]2([2H])[C@@]34CCN(C)[C@]2([2H])C([2H])([2H])c2ccc(OC)c(c23)OC14. The van der Waals surface area contributed by atoms with Gasteiger partial charge in [0, 0.05) is 28.4 Å². The van der Waals surface area contributed by atoms with Crippen LogP contribution < -0.4 is 9.47 Å². The molecule has 116 valence electrons. The number of hydrogen-bond donors (Lipinski definition) is 1. The summed E-state index contributed by atoms with van der Waals surface area (Å²) in [6, 6.07) is 1.23. The zero-order valence-electron chi connectivity index (χ0n) is 18.5. The van der Waals surface area contributed by atoms with Gasteiger partial charge in [0.2, 0.25) is 1.43 Å². The molecule has 1 fully saturated rings. The second-order valence-corrected chi connectivity index (χ2v) is 6.28. The lowest BCUT2D eigenvalue weighted by atomic mass is 9.53. The van der Waals surface area contributed by atoms with Gasteiger partial charge in [-0.3, -0.25) is 0 Å². The number of methoxy groups -OCH3 is 1. The zero-order valence-corrected chi connectivity index (χ0v) is 12.5. The van der Waals surface area contributed by atoms with Crippen molar-refractivity contribution < 1.29 is 21.4 Å². The number of nitrogens with zero attached hydrogens (tertiary/aromatic N) is 1. The molecule has 2 aliphatic carbocycles. The average molecular weight is 305 g/mol. The second-order valence-electron chi connectivity index (χ2n) is 6.28. The molecule has 2 heterocycles. The molecule has 4 nitrogen and oxygen atoms in total. The van der Waals surface area contributed by atoms with Crippen molar-refractivity contribution in [3.63, 3.8) is 0 Å². The lowest BCUT2D eigenvalue weighted by Crippen LogP contribution is -2.64. The van der Waals surface area contributed by atoms with Gasteiger partial charge in [-0.15, -0.1) is 0 Å². The van der Waals surface area contributed by atoms with Crippen molar-refractivity contribution in [1.29, 1.82) is 1.43 Å². The number of likely N-dealkylation sites (tertiary alicyclic amines) is 1. The van der Waals surface area contributed by atoms with Gasteiger partial charge >= 0.3 is 0 Å². The fourth-order valence-electron chi connectivity index (χ4n) is 4.35. The molecule has 0 saturated carbocycles. The van der Waals surface area contributed by atoms with E-state index in [0.29, 0.717) is 24.3 Å². The van der Waals surface area contributed by atoms with Crippen LogP contribution in [0.25, 0.3) is 0 Å². The largest absolute Gasteiger partial charge is 0.493 e. The maximum Gasteiger partial charge on any atom is 0.211 e. The molecule has 5 atom stereocenters. The summed E-state index contributed by atoms with van der Waals surface area (Å²) in [6.07, 6.45) is -2.12. The molecule has 4 aliphatic rings. The predicted octanol–water partition coefficient (Wildman–Crippen LogP) is 1.50. The molecule has 0 aromatic heterocycles. The van der Waals surface area contributed by atoms with E-state index in [0.717, 1.165) is 0 Å². The summed E-state index contributed by atoms with van der Waals surface area (Å²) in [5, 5.41) is 4.76. The Morgan fingerprint density at radius 1 is 1.55 bits per heavy atom. The molecular weight excluding hydrogens is 278 g/mol. The van der Waals surface area contributed by atoms with Gasteiger partial charge in [0.1, 0.15) is 12.2 Å². The number of rotatable bonds is 2. The van der Waals surface area contributed by atoms with Gasteiger partial charge in [0.25, 0.3) is 0 Å². The molecule has 1 saturated heterocycles. The molecule has 1 spiro atoms. The normalized spacial score (nSPS) is 57.3. The Morgan fingerprint density at radius 2 is 2.45 bits per heavy atom. The topological polar surface area (TPSA) is 41.9 Å². The van der Waals surface area contributed by atoms with Gasteiger partial charge in [0.15, 0.2) is 11.5 Å². The van der Waals surface area contributed by atoms with Crippen molar-refractivity contribution in [3.8, 4) is 11.5 Å². The van der Waals surface area contributed by atoms with Crippen molar-refractivity contribution in [2.75, 3.05) is 20.7 Å². The Morgan fingerprint density at radius 3 is 3.27 bits per heavy atom. The molecule has 5 rings (SSSR count). The number of benzene rings is 1. The van der Waals surface area contributed by atoms with E-state index in [1.807, 2.05) is 0 Å². The first-order valence-electron chi connectivity index (χ1n) is 10.4. The maximum absolute atomic E-state index is 9.46. The first-order valence-corrected chi connectivity index (χ1v) is 7.50. The molecule has 0 amide bonds. The van der Waals surface area contributed by atoms with E-state index in [-0.39, 0.29) is 11.3 Å². The number of piperidine rings is 1. The summed E-state index contributed by atoms with van der Waals surface area (Å²) in [5.74, 6) is -1.09. The summed E-state index contributed by atoms with van der Waals surface area (Å²) in [4.78, 5) is 1.58. The first kappa shape index (κ1) is 8.37. The predicted molar refractivity (Wildman–Crippen MR) is 82.5 cm³/mol. The molecule has 2 bridgehead atoms. The average Bonchev–Trinajstić information content (AvgIpc) is 3.03. The van der Waals surface area contributed by atoms with E-state index in [9.17, 15) is 2.74 Å². The lowest BCUT2D eigenvalue weighted by Gasteiger charge is -2.56. The molecule has 1 aromatic carbocycles. The minimum Gasteiger partial charge on any atom is -0.493 e. The van der Waals surface area contributed by atoms with Crippen LogP contribution in [0.3, 0.4) is 0 Å². The third-order valence-electron chi connectivity index (χ3n) is 5.36. The molecule has 2 aliphatic heterocycles. The Bertz CT molecular complexity index is 927. The minimum atomic E-state index is -2.18. The highest BCUT2D eigenvalue weighted by Crippen LogP contribution is 2.62. The van der Waals surface area contributed by atoms with Crippen LogP contribution in [-0.4, -0.2) is 50.3 Å². The third kappa shape index (κ3) is 1.28. The third-order valence-corrected chi connectivity index (χ3v) is 5.36. The minimum absolute atomic E-state index is 0.276. The van der Waals surface area contributed by atoms with Crippen LogP contribution in [0.1, 0.15) is 24.4 Å². The van der Waals surface area contributed by atoms with Crippen molar-refractivity contribution >= 4 is 0 Å². The van der Waals surface area contributed by atoms with E-state index in [2.05, 4.69) is 0 Å². The number of hydrogen-bond acceptors (Lipinski definition) is 4. The molecule has 1 N–H and O–H groups in total. The maximum atomic E-state index is 9.46. The molecule has 4 heteroatoms. The van der Waals surface area contributed by atoms with Gasteiger partial charge in [-0.1, -0.05) is 18.2 Å². The molecule has 2 unspecified atom stereocenters. The fourth-order valence-corrected chi connectivity index (χ4v) is 4.35. The van der Waals surface area contributed by atoms with Crippen LogP contribution in [0.2, 0.25) is 0 Å². The second kappa shape index (κ2) is 4.06. The lowest BCUT2D eigenvalue weighted by molar-refractivity contribution is -0.0453. The van der Waals surface area contributed by atoms with E-state index in [4.69, 9.17) is 20.1 Å². The van der Waals surface area contributed by atoms with Crippen molar-refractivity contribution in [2.45, 2.75) is 36.4 Å². The van der Waals surface area contributed by atoms with Crippen molar-refractivity contribution in [3.05, 3.63) is 35.4 Å². The summed E-state index contributed by atoms with van der Waals surface area (Å²) in [7, 11) is 3.13. The highest BCUT2D eigenvalue weighted by molar-refractivity contribution is 5.62. The number of ether oxygens (including phenoxy) is 2. The summed E-state index contributed by atoms with van der Waals surface area (Å²) >= 11 is 0. The Kier molecular flexibility index (Phi) is 1.54. The molecular formula is C18H21NO3. The molecule has 22 heavy (non-hydrogen) atoms. The molecule has 0 radical (unpaired) electrons. The quantitative estimate of drug-likeness (QED) is 0.841. The van der Waals surface area contributed by atoms with Crippen LogP contribution >= 0.6 is 0 Å². The highest BCUT2D eigenvalue weighted by Gasteiger charge is 2.64. The van der Waals surface area contributed by atoms with Crippen LogP contribution in [-0.2, 0) is 11.8 Å². The Labute approximate surface area is 138 Å². The van der Waals surface area contributed by atoms with Crippen LogP contribution in [0, 0.1) is 5.89 Å². The van der Waals surface area contributed by atoms with E-state index in [1.165, 1.54) is 19.3 Å². The highest BCUT2D eigenvalue weighted by atomic mass is 16.5. The van der Waals surface area contributed by atoms with Crippen LogP contribution in [0.4, 0.5) is 0 Å².